The summed E-state index contributed by atoms with van der Waals surface area (Å²) in [6.45, 7) is 51.8. The number of aromatic nitrogens is 2. The number of aliphatic hydroxyl groups excluding tert-OH is 1. The number of hydrogen-bond donors (Lipinski definition) is 1. The van der Waals surface area contributed by atoms with E-state index in [0.717, 1.165) is 99.9 Å². The number of esters is 1. The van der Waals surface area contributed by atoms with E-state index in [0.29, 0.717) is 25.2 Å². The molecular weight excluding hydrogens is 977 g/mol. The summed E-state index contributed by atoms with van der Waals surface area (Å²) in [7, 11) is 0. The van der Waals surface area contributed by atoms with Crippen molar-refractivity contribution in [2.45, 2.75) is 225 Å². The number of rotatable bonds is 3. The van der Waals surface area contributed by atoms with Crippen LogP contribution in [0.3, 0.4) is 0 Å². The fraction of sp³-hybridized carbons (Fsp3) is 0.818. The molecule has 0 unspecified atom stereocenters. The number of carbonyl (C=O) groups is 4. The molecule has 0 saturated heterocycles. The number of aliphatic hydroxyl groups is 1. The predicted molar refractivity (Wildman–Crippen MR) is 301 cm³/mol. The van der Waals surface area contributed by atoms with Crippen LogP contribution in [0.2, 0.25) is 0 Å². The third-order valence-electron chi connectivity index (χ3n) is 26.7. The van der Waals surface area contributed by atoms with Gasteiger partial charge in [0, 0.05) is 28.6 Å². The molecule has 0 amide bonds. The van der Waals surface area contributed by atoms with Crippen molar-refractivity contribution in [2.24, 2.45) is 107 Å². The molecule has 1 aromatic rings. The van der Waals surface area contributed by atoms with Crippen LogP contribution >= 0.6 is 11.3 Å². The van der Waals surface area contributed by atoms with Crippen LogP contribution in [0.5, 0.6) is 0 Å². The number of fused-ring (bicyclic) bond motifs is 14. The number of allylic oxidation sites excluding steroid dienone is 4. The standard InChI is InChI=1S/C33H45N3O2S.C33H49NO4/c1-19-35-36-27(39-19)33-14-12-28(2,3)17-20(33)25-22(37)16-24-30(6)18-21(34-9)26(38)29(4,5)23(30)10-11-31(24,7)32(25,8)13-15-33;1-10-38-27(37)33-15-13-28(2,3)18-20(33)25-22(35)17-24-30(6)19-21(34-9)26(36)29(4,5)23(30)11-12-31(24,7)32(25,8)14-16-33/h18,20,23-25H,10-17H2,1-8H3;19-20,22-25,35H,10-18H2,1-8H3/t20-,23-,24+,25-,30-,31+,32+,33-;20-,22+,23-,24+,25-,30-,31+,32+,33-/m00/s1. The molecule has 11 heteroatoms. The first-order valence-corrected chi connectivity index (χ1v) is 30.9. The molecule has 1 heterocycles. The second kappa shape index (κ2) is 17.7. The first-order chi connectivity index (χ1) is 35.6. The zero-order valence-electron chi connectivity index (χ0n) is 50.1. The Morgan fingerprint density at radius 3 is 1.68 bits per heavy atom. The number of aryl methyl sites for hydroxylation is 1. The van der Waals surface area contributed by atoms with Gasteiger partial charge in [0.1, 0.15) is 15.8 Å². The molecule has 0 spiro atoms. The normalized spacial score (nSPS) is 47.5. The summed E-state index contributed by atoms with van der Waals surface area (Å²) in [5.74, 6) is 1.34. The topological polar surface area (TPSA) is 132 Å². The van der Waals surface area contributed by atoms with Gasteiger partial charge in [-0.3, -0.25) is 9.59 Å². The van der Waals surface area contributed by atoms with Crippen LogP contribution in [-0.4, -0.2) is 51.3 Å². The van der Waals surface area contributed by atoms with Gasteiger partial charge >= 0.3 is 5.97 Å². The monoisotopic (exact) mass is 1070 g/mol. The quantitative estimate of drug-likeness (QED) is 0.234. The minimum atomic E-state index is -0.591. The Kier molecular flexibility index (Phi) is 13.1. The summed E-state index contributed by atoms with van der Waals surface area (Å²) in [6, 6.07) is 0. The first kappa shape index (κ1) is 56.7. The summed E-state index contributed by atoms with van der Waals surface area (Å²) in [4.78, 5) is 62.3. The van der Waals surface area contributed by atoms with Crippen molar-refractivity contribution >= 4 is 34.7 Å². The number of ketones is 3. The van der Waals surface area contributed by atoms with Gasteiger partial charge < -0.3 is 19.4 Å². The molecule has 1 N–H and O–H groups in total. The van der Waals surface area contributed by atoms with Crippen LogP contribution in [0.15, 0.2) is 23.5 Å². The van der Waals surface area contributed by atoms with E-state index in [-0.39, 0.29) is 125 Å². The van der Waals surface area contributed by atoms with Crippen molar-refractivity contribution in [3.63, 3.8) is 0 Å². The Morgan fingerprint density at radius 1 is 0.649 bits per heavy atom. The second-order valence-corrected chi connectivity index (χ2v) is 32.8. The highest BCUT2D eigenvalue weighted by Crippen LogP contribution is 2.79. The summed E-state index contributed by atoms with van der Waals surface area (Å²) in [5.41, 5.74) is -1.89. The average molecular weight is 1070 g/mol. The Bertz CT molecular complexity index is 2830. The molecule has 10 aliphatic carbocycles. The van der Waals surface area contributed by atoms with Crippen LogP contribution in [-0.2, 0) is 29.3 Å². The lowest BCUT2D eigenvalue weighted by molar-refractivity contribution is -0.261. The molecule has 0 aliphatic heterocycles. The zero-order valence-corrected chi connectivity index (χ0v) is 50.9. The highest BCUT2D eigenvalue weighted by Gasteiger charge is 2.75. The molecule has 0 radical (unpaired) electrons. The van der Waals surface area contributed by atoms with Crippen LogP contribution in [0.25, 0.3) is 9.69 Å². The van der Waals surface area contributed by atoms with E-state index >= 15 is 0 Å². The van der Waals surface area contributed by atoms with E-state index in [1.807, 2.05) is 53.7 Å². The maximum Gasteiger partial charge on any atom is 0.312 e. The van der Waals surface area contributed by atoms with Crippen molar-refractivity contribution in [3.8, 4) is 0 Å². The van der Waals surface area contributed by atoms with Gasteiger partial charge in [-0.15, -0.1) is 21.5 Å². The summed E-state index contributed by atoms with van der Waals surface area (Å²) in [6.07, 6.45) is 18.6. The number of ether oxygens (including phenoxy) is 1. The van der Waals surface area contributed by atoms with E-state index in [1.54, 1.807) is 11.3 Å². The Balaban J connectivity index is 0.000000175. The van der Waals surface area contributed by atoms with E-state index in [4.69, 9.17) is 23.0 Å². The molecule has 10 nitrogen and oxygen atoms in total. The summed E-state index contributed by atoms with van der Waals surface area (Å²) < 4.78 is 5.74. The van der Waals surface area contributed by atoms with Crippen molar-refractivity contribution in [2.75, 3.05) is 6.61 Å². The van der Waals surface area contributed by atoms with E-state index in [9.17, 15) is 24.3 Å². The molecule has 11 rings (SSSR count). The van der Waals surface area contributed by atoms with Crippen LogP contribution < -0.4 is 0 Å². The Hall–Kier alpha value is -3.54. The molecule has 8 fully saturated rings. The molecule has 77 heavy (non-hydrogen) atoms. The molecule has 17 atom stereocenters. The molecule has 0 bridgehead atoms. The number of nitrogens with zero attached hydrogens (tertiary/aromatic N) is 4. The lowest BCUT2D eigenvalue weighted by Gasteiger charge is -2.73. The number of carbonyl (C=O) groups excluding carboxylic acids is 4. The zero-order chi connectivity index (χ0) is 56.5. The average Bonchev–Trinajstić information content (AvgIpc) is 3.90. The maximum atomic E-state index is 14.7. The van der Waals surface area contributed by atoms with Crippen LogP contribution in [0.1, 0.15) is 217 Å². The van der Waals surface area contributed by atoms with Gasteiger partial charge in [0.2, 0.25) is 11.4 Å². The van der Waals surface area contributed by atoms with E-state index in [1.165, 1.54) is 0 Å². The first-order valence-electron chi connectivity index (χ1n) is 30.1. The van der Waals surface area contributed by atoms with Crippen molar-refractivity contribution in [3.05, 3.63) is 56.4 Å². The van der Waals surface area contributed by atoms with Gasteiger partial charge in [0.05, 0.1) is 31.3 Å². The largest absolute Gasteiger partial charge is 0.466 e. The maximum absolute atomic E-state index is 14.7. The highest BCUT2D eigenvalue weighted by molar-refractivity contribution is 7.11. The predicted octanol–water partition coefficient (Wildman–Crippen LogP) is 14.7. The van der Waals surface area contributed by atoms with Crippen LogP contribution in [0.4, 0.5) is 0 Å². The minimum Gasteiger partial charge on any atom is -0.466 e. The number of Topliss-reactive ketones (excluding diaryl/α,β-unsaturated/α-hetero) is 3. The van der Waals surface area contributed by atoms with Crippen LogP contribution in [0, 0.1) is 127 Å². The number of hydrogen-bond acceptors (Lipinski definition) is 9. The highest BCUT2D eigenvalue weighted by atomic mass is 32.1. The van der Waals surface area contributed by atoms with Crippen molar-refractivity contribution < 1.29 is 29.0 Å². The lowest BCUT2D eigenvalue weighted by atomic mass is 9.31. The summed E-state index contributed by atoms with van der Waals surface area (Å²) in [5, 5.41) is 23.5. The third kappa shape index (κ3) is 7.54. The van der Waals surface area contributed by atoms with Gasteiger partial charge in [-0.1, -0.05) is 109 Å². The molecule has 1 aromatic heterocycles. The molecule has 420 valence electrons. The molecular formula is C66H94N4O6S. The van der Waals surface area contributed by atoms with E-state index in [2.05, 4.69) is 84.0 Å². The fourth-order valence-electron chi connectivity index (χ4n) is 22.4. The van der Waals surface area contributed by atoms with Crippen molar-refractivity contribution in [1.82, 2.24) is 10.2 Å². The molecule has 0 aromatic carbocycles. The Morgan fingerprint density at radius 2 is 1.14 bits per heavy atom. The summed E-state index contributed by atoms with van der Waals surface area (Å²) >= 11 is 1.75. The van der Waals surface area contributed by atoms with Gasteiger partial charge in [0.15, 0.2) is 11.6 Å². The minimum absolute atomic E-state index is 0.0129. The Labute approximate surface area is 466 Å². The van der Waals surface area contributed by atoms with Gasteiger partial charge in [-0.05, 0) is 195 Å². The molecule has 10 aliphatic rings. The van der Waals surface area contributed by atoms with E-state index < -0.39 is 22.3 Å². The van der Waals surface area contributed by atoms with Gasteiger partial charge in [-0.25, -0.2) is 9.69 Å². The molecule has 8 saturated carbocycles. The van der Waals surface area contributed by atoms with Gasteiger partial charge in [0.25, 0.3) is 0 Å². The second-order valence-electron chi connectivity index (χ2n) is 31.7. The van der Waals surface area contributed by atoms with Crippen molar-refractivity contribution in [1.29, 1.82) is 0 Å². The SMILES string of the molecule is [C-]#[N+]C1=C[C@]2(C)[C@H]3CC(=O)[C@@H]4[C@@H]5CC(C)(C)CC[C@]5(c5nnc(C)s5)CC[C@@]4(C)[C@]3(C)CC[C@H]2C(C)(C)C1=O.[C-]#[N+]C1=C[C@]2(C)[C@H]3C[C@@H](O)[C@@H]4[C@@H]5CC(C)(C)CC[C@]5(C(=O)OCC)CC[C@@]4(C)[C@]3(C)CC[C@H]2C(C)(C)C1=O. The lowest BCUT2D eigenvalue weighted by Crippen LogP contribution is -2.70. The third-order valence-corrected chi connectivity index (χ3v) is 27.8. The fourth-order valence-corrected chi connectivity index (χ4v) is 23.4. The smallest absolute Gasteiger partial charge is 0.312 e. The van der Waals surface area contributed by atoms with Gasteiger partial charge in [-0.2, -0.15) is 0 Å².